The normalized spacial score (nSPS) is 10.3. The van der Waals surface area contributed by atoms with Crippen molar-refractivity contribution in [2.45, 2.75) is 4.90 Å². The summed E-state index contributed by atoms with van der Waals surface area (Å²) in [5.41, 5.74) is 0. The van der Waals surface area contributed by atoms with Crippen LogP contribution in [0.4, 0.5) is 0 Å². The topological polar surface area (TPSA) is 82.3 Å². The number of primary sulfonamides is 1. The van der Waals surface area contributed by atoms with Gasteiger partial charge in [0.1, 0.15) is 4.90 Å². The summed E-state index contributed by atoms with van der Waals surface area (Å²) in [5, 5.41) is 4.84. The predicted molar refractivity (Wildman–Crippen MR) is 49.4 cm³/mol. The Kier molecular flexibility index (Phi) is 4.12. The van der Waals surface area contributed by atoms with E-state index in [4.69, 9.17) is 9.88 Å². The molecule has 7 heteroatoms. The van der Waals surface area contributed by atoms with Gasteiger partial charge in [0.05, 0.1) is 13.3 Å². The Hall–Kier alpha value is -0.850. The van der Waals surface area contributed by atoms with Crippen molar-refractivity contribution in [3.8, 4) is 5.88 Å². The van der Waals surface area contributed by atoms with Crippen LogP contribution in [0.15, 0.2) is 23.2 Å². The monoisotopic (exact) mass is 224 g/mol. The molecule has 0 amide bonds. The maximum Gasteiger partial charge on any atom is 0.239 e. The summed E-state index contributed by atoms with van der Waals surface area (Å²) < 4.78 is 26.2. The Morgan fingerprint density at radius 1 is 1.46 bits per heavy atom. The molecule has 1 aromatic heterocycles. The molecule has 0 aliphatic heterocycles. The molecule has 1 aromatic rings. The largest absolute Gasteiger partial charge is 0.481 e. The molecule has 0 aromatic carbocycles. The summed E-state index contributed by atoms with van der Waals surface area (Å²) in [7, 11) is -2.20. The van der Waals surface area contributed by atoms with Crippen LogP contribution in [-0.4, -0.2) is 20.5 Å². The van der Waals surface area contributed by atoms with Gasteiger partial charge in [0, 0.05) is 6.07 Å². The van der Waals surface area contributed by atoms with Crippen molar-refractivity contribution < 1.29 is 13.2 Å². The SMILES string of the molecule is COc1ccc(S(N)(=O)=O)cn1.Cl. The Morgan fingerprint density at radius 3 is 2.38 bits per heavy atom. The number of rotatable bonds is 2. The average molecular weight is 225 g/mol. The lowest BCUT2D eigenvalue weighted by atomic mass is 10.5. The van der Waals surface area contributed by atoms with Crippen LogP contribution >= 0.6 is 12.4 Å². The number of nitrogens with zero attached hydrogens (tertiary/aromatic N) is 1. The first-order chi connectivity index (χ1) is 5.54. The van der Waals surface area contributed by atoms with Gasteiger partial charge >= 0.3 is 0 Å². The van der Waals surface area contributed by atoms with Gasteiger partial charge in [-0.1, -0.05) is 0 Å². The van der Waals surface area contributed by atoms with Crippen LogP contribution in [0.2, 0.25) is 0 Å². The standard InChI is InChI=1S/C6H8N2O3S.ClH/c1-11-6-3-2-5(4-8-6)12(7,9)10;/h2-4H,1H3,(H2,7,9,10);1H. The van der Waals surface area contributed by atoms with Crippen LogP contribution in [0, 0.1) is 0 Å². The number of hydrogen-bond donors (Lipinski definition) is 1. The Bertz CT molecular complexity index is 362. The van der Waals surface area contributed by atoms with Crippen molar-refractivity contribution in [1.29, 1.82) is 0 Å². The second-order valence-corrected chi connectivity index (χ2v) is 3.64. The minimum atomic E-state index is -3.65. The molecule has 0 unspecified atom stereocenters. The lowest BCUT2D eigenvalue weighted by Gasteiger charge is -1.98. The van der Waals surface area contributed by atoms with Crippen molar-refractivity contribution >= 4 is 22.4 Å². The van der Waals surface area contributed by atoms with Gasteiger partial charge in [-0.3, -0.25) is 0 Å². The predicted octanol–water partition coefficient (Wildman–Crippen LogP) is 0.159. The summed E-state index contributed by atoms with van der Waals surface area (Å²) >= 11 is 0. The van der Waals surface area contributed by atoms with Crippen LogP contribution in [0.3, 0.4) is 0 Å². The average Bonchev–Trinajstić information content (AvgIpc) is 2.03. The Morgan fingerprint density at radius 2 is 2.08 bits per heavy atom. The number of nitrogens with two attached hydrogens (primary N) is 1. The van der Waals surface area contributed by atoms with Gasteiger partial charge in [-0.25, -0.2) is 18.5 Å². The van der Waals surface area contributed by atoms with Crippen molar-refractivity contribution in [3.63, 3.8) is 0 Å². The Labute approximate surface area is 82.4 Å². The van der Waals surface area contributed by atoms with Crippen molar-refractivity contribution in [1.82, 2.24) is 4.98 Å². The lowest BCUT2D eigenvalue weighted by Crippen LogP contribution is -2.12. The summed E-state index contributed by atoms with van der Waals surface area (Å²) in [6, 6.07) is 2.76. The molecule has 2 N–H and O–H groups in total. The zero-order valence-corrected chi connectivity index (χ0v) is 8.43. The van der Waals surface area contributed by atoms with Gasteiger partial charge < -0.3 is 4.74 Å². The third kappa shape index (κ3) is 3.17. The lowest BCUT2D eigenvalue weighted by molar-refractivity contribution is 0.397. The van der Waals surface area contributed by atoms with Gasteiger partial charge in [-0.2, -0.15) is 0 Å². The van der Waals surface area contributed by atoms with Gasteiger partial charge in [-0.05, 0) is 6.07 Å². The maximum atomic E-state index is 10.7. The Balaban J connectivity index is 0.00000144. The van der Waals surface area contributed by atoms with E-state index in [1.54, 1.807) is 0 Å². The third-order valence-corrected chi connectivity index (χ3v) is 2.15. The van der Waals surface area contributed by atoms with E-state index in [-0.39, 0.29) is 17.3 Å². The summed E-state index contributed by atoms with van der Waals surface area (Å²) in [6.07, 6.45) is 1.15. The highest BCUT2D eigenvalue weighted by Gasteiger charge is 2.07. The van der Waals surface area contributed by atoms with Crippen LogP contribution in [-0.2, 0) is 10.0 Å². The molecule has 0 aliphatic rings. The number of hydrogen-bond acceptors (Lipinski definition) is 4. The highest BCUT2D eigenvalue weighted by Crippen LogP contribution is 2.09. The number of sulfonamides is 1. The molecule has 1 rings (SSSR count). The first-order valence-electron chi connectivity index (χ1n) is 3.07. The highest BCUT2D eigenvalue weighted by molar-refractivity contribution is 7.89. The molecular weight excluding hydrogens is 216 g/mol. The number of aromatic nitrogens is 1. The zero-order chi connectivity index (χ0) is 9.19. The molecule has 0 saturated heterocycles. The van der Waals surface area contributed by atoms with Crippen LogP contribution < -0.4 is 9.88 Å². The van der Waals surface area contributed by atoms with Crippen molar-refractivity contribution in [3.05, 3.63) is 18.3 Å². The van der Waals surface area contributed by atoms with E-state index in [1.165, 1.54) is 19.2 Å². The fraction of sp³-hybridized carbons (Fsp3) is 0.167. The zero-order valence-electron chi connectivity index (χ0n) is 6.80. The molecule has 0 spiro atoms. The second-order valence-electron chi connectivity index (χ2n) is 2.08. The summed E-state index contributed by atoms with van der Waals surface area (Å²) in [5.74, 6) is 0.349. The quantitative estimate of drug-likeness (QED) is 0.776. The molecule has 0 saturated carbocycles. The fourth-order valence-electron chi connectivity index (χ4n) is 0.656. The number of halogens is 1. The molecule has 0 fully saturated rings. The van der Waals surface area contributed by atoms with Crippen LogP contribution in [0.1, 0.15) is 0 Å². The van der Waals surface area contributed by atoms with E-state index in [2.05, 4.69) is 4.98 Å². The number of ether oxygens (including phenoxy) is 1. The smallest absolute Gasteiger partial charge is 0.239 e. The minimum Gasteiger partial charge on any atom is -0.481 e. The maximum absolute atomic E-state index is 10.7. The first kappa shape index (κ1) is 12.2. The molecule has 0 atom stereocenters. The fourth-order valence-corrected chi connectivity index (χ4v) is 1.11. The van der Waals surface area contributed by atoms with Gasteiger partial charge in [-0.15, -0.1) is 12.4 Å². The molecule has 13 heavy (non-hydrogen) atoms. The first-order valence-corrected chi connectivity index (χ1v) is 4.61. The highest BCUT2D eigenvalue weighted by atomic mass is 35.5. The van der Waals surface area contributed by atoms with E-state index >= 15 is 0 Å². The van der Waals surface area contributed by atoms with Crippen LogP contribution in [0.5, 0.6) is 5.88 Å². The second kappa shape index (κ2) is 4.40. The van der Waals surface area contributed by atoms with Crippen molar-refractivity contribution in [2.24, 2.45) is 5.14 Å². The van der Waals surface area contributed by atoms with Crippen molar-refractivity contribution in [2.75, 3.05) is 7.11 Å². The molecule has 74 valence electrons. The minimum absolute atomic E-state index is 0. The van der Waals surface area contributed by atoms with E-state index in [1.807, 2.05) is 0 Å². The molecule has 0 aliphatic carbocycles. The summed E-state index contributed by atoms with van der Waals surface area (Å²) in [6.45, 7) is 0. The molecule has 0 radical (unpaired) electrons. The molecule has 1 heterocycles. The molecule has 5 nitrogen and oxygen atoms in total. The third-order valence-electron chi connectivity index (χ3n) is 1.25. The van der Waals surface area contributed by atoms with E-state index in [0.29, 0.717) is 5.88 Å². The molecule has 0 bridgehead atoms. The van der Waals surface area contributed by atoms with Gasteiger partial charge in [0.2, 0.25) is 15.9 Å². The number of methoxy groups -OCH3 is 1. The number of pyridine rings is 1. The van der Waals surface area contributed by atoms with Gasteiger partial charge in [0.25, 0.3) is 0 Å². The van der Waals surface area contributed by atoms with Crippen LogP contribution in [0.25, 0.3) is 0 Å². The molecular formula is C6H9ClN2O3S. The summed E-state index contributed by atoms with van der Waals surface area (Å²) in [4.78, 5) is 3.66. The van der Waals surface area contributed by atoms with Gasteiger partial charge in [0.15, 0.2) is 0 Å². The van der Waals surface area contributed by atoms with E-state index in [0.717, 1.165) is 6.20 Å². The van der Waals surface area contributed by atoms with E-state index in [9.17, 15) is 8.42 Å². The van der Waals surface area contributed by atoms with E-state index < -0.39 is 10.0 Å².